The zero-order valence-electron chi connectivity index (χ0n) is 11.5. The zero-order valence-corrected chi connectivity index (χ0v) is 13.1. The minimum atomic E-state index is 0.127. The number of rotatable bonds is 3. The Morgan fingerprint density at radius 3 is 2.63 bits per heavy atom. The average molecular weight is 325 g/mol. The number of amidine groups is 1. The topological polar surface area (TPSA) is 56.4 Å². The van der Waals surface area contributed by atoms with Crippen LogP contribution < -0.4 is 10.6 Å². The zero-order chi connectivity index (χ0) is 14.0. The van der Waals surface area contributed by atoms with Crippen LogP contribution in [0, 0.1) is 5.41 Å². The minimum Gasteiger partial charge on any atom is -0.384 e. The van der Waals surface area contributed by atoms with Gasteiger partial charge in [0.2, 0.25) is 0 Å². The fourth-order valence-corrected chi connectivity index (χ4v) is 2.95. The van der Waals surface area contributed by atoms with Crippen LogP contribution in [0.1, 0.15) is 18.4 Å². The van der Waals surface area contributed by atoms with Crippen molar-refractivity contribution in [2.75, 3.05) is 32.1 Å². The van der Waals surface area contributed by atoms with Gasteiger partial charge in [0.25, 0.3) is 0 Å². The predicted octanol–water partition coefficient (Wildman–Crippen LogP) is 2.26. The van der Waals surface area contributed by atoms with E-state index in [9.17, 15) is 0 Å². The Morgan fingerprint density at radius 2 is 2.05 bits per heavy atom. The summed E-state index contributed by atoms with van der Waals surface area (Å²) in [6.07, 6.45) is 2.30. The summed E-state index contributed by atoms with van der Waals surface area (Å²) in [5.41, 5.74) is 7.54. The van der Waals surface area contributed by atoms with Gasteiger partial charge in [-0.3, -0.25) is 5.41 Å². The van der Waals surface area contributed by atoms with Crippen LogP contribution in [0.5, 0.6) is 0 Å². The highest BCUT2D eigenvalue weighted by atomic mass is 79.9. The third-order valence-electron chi connectivity index (χ3n) is 3.87. The van der Waals surface area contributed by atoms with Gasteiger partial charge in [-0.15, -0.1) is 0 Å². The molecule has 1 aliphatic rings. The molecule has 0 aliphatic carbocycles. The normalized spacial score (nSPS) is 17.4. The molecule has 0 spiro atoms. The molecule has 2 rings (SSSR count). The highest BCUT2D eigenvalue weighted by Crippen LogP contribution is 2.28. The molecular weight excluding hydrogens is 304 g/mol. The van der Waals surface area contributed by atoms with E-state index in [4.69, 9.17) is 11.1 Å². The van der Waals surface area contributed by atoms with Crippen LogP contribution in [0.25, 0.3) is 0 Å². The number of nitrogens with two attached hydrogens (primary N) is 1. The molecular formula is C14H21BrN4. The van der Waals surface area contributed by atoms with Crippen LogP contribution in [0.3, 0.4) is 0 Å². The maximum Gasteiger partial charge on any atom is 0.124 e. The van der Waals surface area contributed by atoms with E-state index < -0.39 is 0 Å². The number of likely N-dealkylation sites (tertiary alicyclic amines) is 1. The summed E-state index contributed by atoms with van der Waals surface area (Å²) >= 11 is 3.50. The third kappa shape index (κ3) is 3.28. The average Bonchev–Trinajstić information content (AvgIpc) is 2.38. The van der Waals surface area contributed by atoms with Gasteiger partial charge in [-0.25, -0.2) is 0 Å². The van der Waals surface area contributed by atoms with Gasteiger partial charge in [0, 0.05) is 28.8 Å². The van der Waals surface area contributed by atoms with Crippen molar-refractivity contribution in [3.8, 4) is 0 Å². The Morgan fingerprint density at radius 1 is 1.42 bits per heavy atom. The van der Waals surface area contributed by atoms with Crippen molar-refractivity contribution in [3.63, 3.8) is 0 Å². The van der Waals surface area contributed by atoms with Crippen LogP contribution in [0.2, 0.25) is 0 Å². The van der Waals surface area contributed by atoms with E-state index in [1.165, 1.54) is 0 Å². The summed E-state index contributed by atoms with van der Waals surface area (Å²) in [4.78, 5) is 4.63. The second-order valence-electron chi connectivity index (χ2n) is 5.22. The molecule has 19 heavy (non-hydrogen) atoms. The molecule has 1 saturated heterocycles. The molecule has 0 bridgehead atoms. The number of hydrogen-bond donors (Lipinski definition) is 2. The molecule has 1 aromatic carbocycles. The van der Waals surface area contributed by atoms with Gasteiger partial charge < -0.3 is 15.5 Å². The Labute approximate surface area is 123 Å². The van der Waals surface area contributed by atoms with Crippen LogP contribution in [-0.4, -0.2) is 44.0 Å². The van der Waals surface area contributed by atoms with Crippen molar-refractivity contribution >= 4 is 27.5 Å². The van der Waals surface area contributed by atoms with E-state index >= 15 is 0 Å². The van der Waals surface area contributed by atoms with Crippen molar-refractivity contribution in [1.29, 1.82) is 5.41 Å². The monoisotopic (exact) mass is 324 g/mol. The molecule has 1 aromatic rings. The smallest absolute Gasteiger partial charge is 0.124 e. The molecule has 1 fully saturated rings. The van der Waals surface area contributed by atoms with Gasteiger partial charge in [-0.05, 0) is 51.2 Å². The van der Waals surface area contributed by atoms with Gasteiger partial charge in [0.1, 0.15) is 5.84 Å². The molecule has 0 aromatic heterocycles. The highest BCUT2D eigenvalue weighted by molar-refractivity contribution is 9.10. The number of hydrogen-bond acceptors (Lipinski definition) is 3. The maximum atomic E-state index is 7.71. The summed E-state index contributed by atoms with van der Waals surface area (Å²) < 4.78 is 1.02. The molecule has 0 atom stereocenters. The summed E-state index contributed by atoms with van der Waals surface area (Å²) in [5, 5.41) is 7.71. The lowest BCUT2D eigenvalue weighted by atomic mass is 10.0. The van der Waals surface area contributed by atoms with E-state index in [2.05, 4.69) is 45.9 Å². The number of halogens is 1. The molecule has 1 aliphatic heterocycles. The lowest BCUT2D eigenvalue weighted by molar-refractivity contribution is 0.253. The van der Waals surface area contributed by atoms with Crippen molar-refractivity contribution in [1.82, 2.24) is 4.90 Å². The van der Waals surface area contributed by atoms with E-state index in [1.807, 2.05) is 12.1 Å². The molecule has 0 amide bonds. The second-order valence-corrected chi connectivity index (χ2v) is 6.14. The summed E-state index contributed by atoms with van der Waals surface area (Å²) in [6, 6.07) is 6.41. The Hall–Kier alpha value is -1.07. The molecule has 0 unspecified atom stereocenters. The van der Waals surface area contributed by atoms with Gasteiger partial charge >= 0.3 is 0 Å². The summed E-state index contributed by atoms with van der Waals surface area (Å²) in [6.45, 7) is 2.25. The molecule has 104 valence electrons. The first kappa shape index (κ1) is 14.3. The Balaban J connectivity index is 2.25. The molecule has 4 nitrogen and oxygen atoms in total. The fraction of sp³-hybridized carbons (Fsp3) is 0.500. The second kappa shape index (κ2) is 5.92. The van der Waals surface area contributed by atoms with Crippen molar-refractivity contribution in [3.05, 3.63) is 28.2 Å². The molecule has 0 radical (unpaired) electrons. The first-order valence-corrected chi connectivity index (χ1v) is 7.33. The quantitative estimate of drug-likeness (QED) is 0.662. The maximum absolute atomic E-state index is 7.71. The number of nitrogens with zero attached hydrogens (tertiary/aromatic N) is 2. The molecule has 5 heteroatoms. The van der Waals surface area contributed by atoms with Crippen molar-refractivity contribution in [2.45, 2.75) is 18.9 Å². The fourth-order valence-electron chi connectivity index (χ4n) is 2.60. The van der Waals surface area contributed by atoms with Crippen molar-refractivity contribution < 1.29 is 0 Å². The lowest BCUT2D eigenvalue weighted by Crippen LogP contribution is -2.42. The van der Waals surface area contributed by atoms with Gasteiger partial charge in [-0.2, -0.15) is 0 Å². The third-order valence-corrected chi connectivity index (χ3v) is 4.36. The first-order valence-electron chi connectivity index (χ1n) is 6.54. The lowest BCUT2D eigenvalue weighted by Gasteiger charge is -2.37. The van der Waals surface area contributed by atoms with Crippen LogP contribution in [0.4, 0.5) is 5.69 Å². The number of piperidine rings is 1. The van der Waals surface area contributed by atoms with Gasteiger partial charge in [0.05, 0.1) is 0 Å². The van der Waals surface area contributed by atoms with E-state index in [1.54, 1.807) is 0 Å². The van der Waals surface area contributed by atoms with Crippen LogP contribution >= 0.6 is 15.9 Å². The predicted molar refractivity (Wildman–Crippen MR) is 84.1 cm³/mol. The first-order chi connectivity index (χ1) is 8.99. The minimum absolute atomic E-state index is 0.127. The largest absolute Gasteiger partial charge is 0.384 e. The standard InChI is InChI=1S/C14H21BrN4/c1-18-7-5-11(6-8-18)19(2)13-9-10(15)3-4-12(13)14(16)17/h3-4,9,11H,5-8H2,1-2H3,(H3,16,17). The van der Waals surface area contributed by atoms with E-state index in [0.717, 1.165) is 41.7 Å². The van der Waals surface area contributed by atoms with Gasteiger partial charge in [-0.1, -0.05) is 15.9 Å². The van der Waals surface area contributed by atoms with Gasteiger partial charge in [0.15, 0.2) is 0 Å². The van der Waals surface area contributed by atoms with E-state index in [0.29, 0.717) is 6.04 Å². The SMILES string of the molecule is CN1CCC(N(C)c2cc(Br)ccc2C(=N)N)CC1. The molecule has 3 N–H and O–H groups in total. The number of benzene rings is 1. The molecule has 0 saturated carbocycles. The van der Waals surface area contributed by atoms with E-state index in [-0.39, 0.29) is 5.84 Å². The number of nitrogen functional groups attached to an aromatic ring is 1. The molecule has 1 heterocycles. The van der Waals surface area contributed by atoms with Crippen molar-refractivity contribution in [2.24, 2.45) is 5.73 Å². The Bertz CT molecular complexity index is 467. The summed E-state index contributed by atoms with van der Waals surface area (Å²) in [7, 11) is 4.26. The summed E-state index contributed by atoms with van der Waals surface area (Å²) in [5.74, 6) is 0.127. The van der Waals surface area contributed by atoms with Crippen LogP contribution in [0.15, 0.2) is 22.7 Å². The number of nitrogens with one attached hydrogen (secondary N) is 1. The number of anilines is 1. The van der Waals surface area contributed by atoms with Crippen LogP contribution in [-0.2, 0) is 0 Å². The Kier molecular flexibility index (Phi) is 4.47. The highest BCUT2D eigenvalue weighted by Gasteiger charge is 2.22.